The highest BCUT2D eigenvalue weighted by molar-refractivity contribution is 5.37. The van der Waals surface area contributed by atoms with E-state index in [2.05, 4.69) is 37.9 Å². The van der Waals surface area contributed by atoms with Crippen molar-refractivity contribution in [3.05, 3.63) is 34.9 Å². The molecule has 1 aromatic rings. The number of aryl methyl sites for hydroxylation is 1. The standard InChI is InChI=1S/C15H20N2/c1-11-8-13(9-16)4-5-15(11)10-17(3)12(2)14-6-7-14/h4-5,8,12,14H,6-7,10H2,1-3H3. The topological polar surface area (TPSA) is 27.0 Å². The second kappa shape index (κ2) is 4.89. The van der Waals surface area contributed by atoms with E-state index in [1.807, 2.05) is 12.1 Å². The monoisotopic (exact) mass is 228 g/mol. The molecule has 0 bridgehead atoms. The van der Waals surface area contributed by atoms with Gasteiger partial charge >= 0.3 is 0 Å². The summed E-state index contributed by atoms with van der Waals surface area (Å²) < 4.78 is 0. The molecule has 0 heterocycles. The summed E-state index contributed by atoms with van der Waals surface area (Å²) in [7, 11) is 2.20. The summed E-state index contributed by atoms with van der Waals surface area (Å²) in [6.45, 7) is 5.39. The van der Waals surface area contributed by atoms with Gasteiger partial charge in [0.05, 0.1) is 11.6 Å². The Morgan fingerprint density at radius 2 is 2.18 bits per heavy atom. The summed E-state index contributed by atoms with van der Waals surface area (Å²) in [4.78, 5) is 2.42. The summed E-state index contributed by atoms with van der Waals surface area (Å²) in [6.07, 6.45) is 2.77. The van der Waals surface area contributed by atoms with Crippen LogP contribution in [0.2, 0.25) is 0 Å². The van der Waals surface area contributed by atoms with Gasteiger partial charge in [-0.15, -0.1) is 0 Å². The normalized spacial score (nSPS) is 16.9. The Balaban J connectivity index is 2.05. The molecule has 2 heteroatoms. The van der Waals surface area contributed by atoms with Gasteiger partial charge in [0, 0.05) is 12.6 Å². The molecule has 0 aromatic heterocycles. The van der Waals surface area contributed by atoms with Crippen molar-refractivity contribution in [1.29, 1.82) is 5.26 Å². The Labute approximate surface area is 104 Å². The van der Waals surface area contributed by atoms with Crippen LogP contribution in [0.25, 0.3) is 0 Å². The van der Waals surface area contributed by atoms with Gasteiger partial charge in [0.2, 0.25) is 0 Å². The van der Waals surface area contributed by atoms with Crippen molar-refractivity contribution in [3.8, 4) is 6.07 Å². The Morgan fingerprint density at radius 1 is 1.47 bits per heavy atom. The van der Waals surface area contributed by atoms with E-state index >= 15 is 0 Å². The first-order chi connectivity index (χ1) is 8.11. The smallest absolute Gasteiger partial charge is 0.0991 e. The first kappa shape index (κ1) is 12.1. The maximum atomic E-state index is 8.84. The fourth-order valence-electron chi connectivity index (χ4n) is 2.29. The first-order valence-corrected chi connectivity index (χ1v) is 6.31. The number of nitriles is 1. The number of rotatable bonds is 4. The molecule has 0 spiro atoms. The van der Waals surface area contributed by atoms with Gasteiger partial charge in [-0.3, -0.25) is 4.90 Å². The molecule has 0 N–H and O–H groups in total. The van der Waals surface area contributed by atoms with Crippen molar-refractivity contribution < 1.29 is 0 Å². The molecular weight excluding hydrogens is 208 g/mol. The minimum atomic E-state index is 0.671. The van der Waals surface area contributed by atoms with E-state index < -0.39 is 0 Å². The molecule has 1 unspecified atom stereocenters. The molecule has 0 aliphatic heterocycles. The summed E-state index contributed by atoms with van der Waals surface area (Å²) >= 11 is 0. The van der Waals surface area contributed by atoms with Crippen molar-refractivity contribution in [3.63, 3.8) is 0 Å². The fourth-order valence-corrected chi connectivity index (χ4v) is 2.29. The molecule has 1 saturated carbocycles. The van der Waals surface area contributed by atoms with Crippen LogP contribution in [-0.4, -0.2) is 18.0 Å². The van der Waals surface area contributed by atoms with Gasteiger partial charge in [-0.1, -0.05) is 6.07 Å². The molecule has 2 nitrogen and oxygen atoms in total. The fraction of sp³-hybridized carbons (Fsp3) is 0.533. The minimum Gasteiger partial charge on any atom is -0.299 e. The highest BCUT2D eigenvalue weighted by Gasteiger charge is 2.30. The lowest BCUT2D eigenvalue weighted by atomic mass is 10.0. The molecule has 90 valence electrons. The van der Waals surface area contributed by atoms with Crippen LogP contribution in [0.5, 0.6) is 0 Å². The largest absolute Gasteiger partial charge is 0.299 e. The van der Waals surface area contributed by atoms with Crippen LogP contribution in [-0.2, 0) is 6.54 Å². The van der Waals surface area contributed by atoms with E-state index in [1.165, 1.54) is 24.0 Å². The van der Waals surface area contributed by atoms with Gasteiger partial charge < -0.3 is 0 Å². The predicted molar refractivity (Wildman–Crippen MR) is 69.5 cm³/mol. The van der Waals surface area contributed by atoms with Crippen molar-refractivity contribution in [2.75, 3.05) is 7.05 Å². The van der Waals surface area contributed by atoms with Crippen LogP contribution in [0.15, 0.2) is 18.2 Å². The van der Waals surface area contributed by atoms with E-state index in [0.29, 0.717) is 6.04 Å². The maximum Gasteiger partial charge on any atom is 0.0991 e. The third-order valence-corrected chi connectivity index (χ3v) is 3.89. The number of hydrogen-bond acceptors (Lipinski definition) is 2. The zero-order chi connectivity index (χ0) is 12.4. The third-order valence-electron chi connectivity index (χ3n) is 3.89. The Bertz CT molecular complexity index is 441. The lowest BCUT2D eigenvalue weighted by Gasteiger charge is -2.25. The molecule has 1 atom stereocenters. The van der Waals surface area contributed by atoms with Gasteiger partial charge in [-0.05, 0) is 62.9 Å². The molecule has 0 amide bonds. The summed E-state index contributed by atoms with van der Waals surface area (Å²) in [6, 6.07) is 8.84. The highest BCUT2D eigenvalue weighted by atomic mass is 15.1. The number of hydrogen-bond donors (Lipinski definition) is 0. The van der Waals surface area contributed by atoms with Crippen LogP contribution in [0.4, 0.5) is 0 Å². The van der Waals surface area contributed by atoms with Crippen LogP contribution in [0, 0.1) is 24.2 Å². The van der Waals surface area contributed by atoms with E-state index in [-0.39, 0.29) is 0 Å². The molecule has 0 radical (unpaired) electrons. The Hall–Kier alpha value is -1.33. The number of nitrogens with zero attached hydrogens (tertiary/aromatic N) is 2. The van der Waals surface area contributed by atoms with Crippen LogP contribution < -0.4 is 0 Å². The average Bonchev–Trinajstić information content (AvgIpc) is 3.14. The molecule has 17 heavy (non-hydrogen) atoms. The Kier molecular flexibility index (Phi) is 3.49. The van der Waals surface area contributed by atoms with Crippen LogP contribution >= 0.6 is 0 Å². The van der Waals surface area contributed by atoms with Crippen LogP contribution in [0.3, 0.4) is 0 Å². The summed E-state index contributed by atoms with van der Waals surface area (Å²) in [5.74, 6) is 0.902. The lowest BCUT2D eigenvalue weighted by molar-refractivity contribution is 0.226. The Morgan fingerprint density at radius 3 is 2.71 bits per heavy atom. The van der Waals surface area contributed by atoms with Gasteiger partial charge in [-0.2, -0.15) is 5.26 Å². The van der Waals surface area contributed by atoms with E-state index in [9.17, 15) is 0 Å². The first-order valence-electron chi connectivity index (χ1n) is 6.31. The van der Waals surface area contributed by atoms with Gasteiger partial charge in [0.15, 0.2) is 0 Å². The zero-order valence-corrected chi connectivity index (χ0v) is 10.9. The molecule has 2 rings (SSSR count). The second-order valence-electron chi connectivity index (χ2n) is 5.25. The predicted octanol–water partition coefficient (Wildman–Crippen LogP) is 3.10. The van der Waals surface area contributed by atoms with Crippen molar-refractivity contribution in [2.45, 2.75) is 39.3 Å². The molecule has 1 aliphatic carbocycles. The van der Waals surface area contributed by atoms with Gasteiger partial charge in [0.25, 0.3) is 0 Å². The van der Waals surface area contributed by atoms with Crippen molar-refractivity contribution >= 4 is 0 Å². The molecule has 1 aromatic carbocycles. The van der Waals surface area contributed by atoms with Crippen molar-refractivity contribution in [1.82, 2.24) is 4.90 Å². The van der Waals surface area contributed by atoms with Crippen LogP contribution in [0.1, 0.15) is 36.5 Å². The molecular formula is C15H20N2. The van der Waals surface area contributed by atoms with Gasteiger partial charge in [0.1, 0.15) is 0 Å². The maximum absolute atomic E-state index is 8.84. The van der Waals surface area contributed by atoms with E-state index in [1.54, 1.807) is 0 Å². The summed E-state index contributed by atoms with van der Waals surface area (Å²) in [5.41, 5.74) is 3.31. The van der Waals surface area contributed by atoms with E-state index in [4.69, 9.17) is 5.26 Å². The lowest BCUT2D eigenvalue weighted by Crippen LogP contribution is -2.30. The number of benzene rings is 1. The SMILES string of the molecule is Cc1cc(C#N)ccc1CN(C)C(C)C1CC1. The zero-order valence-electron chi connectivity index (χ0n) is 10.9. The van der Waals surface area contributed by atoms with E-state index in [0.717, 1.165) is 18.0 Å². The molecule has 1 fully saturated rings. The second-order valence-corrected chi connectivity index (χ2v) is 5.25. The highest BCUT2D eigenvalue weighted by Crippen LogP contribution is 2.35. The minimum absolute atomic E-state index is 0.671. The summed E-state index contributed by atoms with van der Waals surface area (Å²) in [5, 5.41) is 8.84. The van der Waals surface area contributed by atoms with Gasteiger partial charge in [-0.25, -0.2) is 0 Å². The molecule has 1 aliphatic rings. The molecule has 0 saturated heterocycles. The average molecular weight is 228 g/mol. The van der Waals surface area contributed by atoms with Crippen molar-refractivity contribution in [2.24, 2.45) is 5.92 Å². The third kappa shape index (κ3) is 2.87. The quantitative estimate of drug-likeness (QED) is 0.791.